The second-order valence-corrected chi connectivity index (χ2v) is 6.45. The van der Waals surface area contributed by atoms with Gasteiger partial charge in [0.15, 0.2) is 0 Å². The summed E-state index contributed by atoms with van der Waals surface area (Å²) in [5.74, 6) is 1.23. The normalized spacial score (nSPS) is 11.8. The fraction of sp³-hybridized carbons (Fsp3) is 0.429. The van der Waals surface area contributed by atoms with Crippen molar-refractivity contribution in [1.82, 2.24) is 4.90 Å². The van der Waals surface area contributed by atoms with Gasteiger partial charge in [-0.2, -0.15) is 13.2 Å². The Morgan fingerprint density at radius 2 is 1.48 bits per heavy atom. The molecule has 0 radical (unpaired) electrons. The number of benzene rings is 2. The number of methoxy groups -OCH3 is 1. The zero-order valence-electron chi connectivity index (χ0n) is 17.1. The van der Waals surface area contributed by atoms with Crippen LogP contribution in [0, 0.1) is 0 Å². The van der Waals surface area contributed by atoms with E-state index in [4.69, 9.17) is 9.47 Å². The first-order chi connectivity index (χ1) is 13.2. The molecule has 0 aliphatic heterocycles. The minimum atomic E-state index is -4.34. The zero-order valence-corrected chi connectivity index (χ0v) is 17.9. The highest BCUT2D eigenvalue weighted by atomic mass is 35.5. The Kier molecular flexibility index (Phi) is 12.4. The van der Waals surface area contributed by atoms with Gasteiger partial charge in [0.25, 0.3) is 0 Å². The third kappa shape index (κ3) is 11.0. The van der Waals surface area contributed by atoms with Crippen molar-refractivity contribution in [3.63, 3.8) is 0 Å². The summed E-state index contributed by atoms with van der Waals surface area (Å²) in [5.41, 5.74) is 0.629. The molecule has 29 heavy (non-hydrogen) atoms. The summed E-state index contributed by atoms with van der Waals surface area (Å²) in [7, 11) is 5.30. The lowest BCUT2D eigenvalue weighted by Gasteiger charge is -2.16. The van der Waals surface area contributed by atoms with Gasteiger partial charge in [0.05, 0.1) is 12.7 Å². The molecule has 0 aromatic heterocycles. The van der Waals surface area contributed by atoms with Gasteiger partial charge < -0.3 is 19.5 Å². The molecule has 0 amide bonds. The molecule has 2 aromatic carbocycles. The molecule has 1 unspecified atom stereocenters. The Balaban J connectivity index is 0.000000606. The van der Waals surface area contributed by atoms with E-state index in [2.05, 4.69) is 19.1 Å². The van der Waals surface area contributed by atoms with Crippen molar-refractivity contribution in [2.24, 2.45) is 0 Å². The average molecular weight is 436 g/mol. The van der Waals surface area contributed by atoms with Crippen LogP contribution >= 0.6 is 12.4 Å². The van der Waals surface area contributed by atoms with Gasteiger partial charge in [0.1, 0.15) is 24.2 Å². The standard InChI is InChI=1S/C12H16F3NO2.C9H12O.ClH/c1-16(2)7-10(17)8-18-11-5-3-9(4-6-11)12(13,14)15;1-3-8-4-6-9(10-2)7-5-8;/h3-6,10,17H,7-8H2,1-2H3;4-7H,3H2,1-2H3;1H. The summed E-state index contributed by atoms with van der Waals surface area (Å²) >= 11 is 0. The highest BCUT2D eigenvalue weighted by Crippen LogP contribution is 2.30. The van der Waals surface area contributed by atoms with Gasteiger partial charge in [-0.3, -0.25) is 0 Å². The van der Waals surface area contributed by atoms with Crippen molar-refractivity contribution in [3.05, 3.63) is 59.7 Å². The maximum absolute atomic E-state index is 12.3. The topological polar surface area (TPSA) is 41.9 Å². The lowest BCUT2D eigenvalue weighted by Crippen LogP contribution is -2.30. The van der Waals surface area contributed by atoms with Crippen molar-refractivity contribution < 1.29 is 27.8 Å². The van der Waals surface area contributed by atoms with Gasteiger partial charge in [0, 0.05) is 6.54 Å². The van der Waals surface area contributed by atoms with E-state index in [1.54, 1.807) is 26.1 Å². The summed E-state index contributed by atoms with van der Waals surface area (Å²) in [6.07, 6.45) is -3.94. The molecule has 0 heterocycles. The number of ether oxygens (including phenoxy) is 2. The molecule has 0 bridgehead atoms. The largest absolute Gasteiger partial charge is 0.497 e. The number of rotatable bonds is 7. The molecular weight excluding hydrogens is 407 g/mol. The maximum Gasteiger partial charge on any atom is 0.416 e. The highest BCUT2D eigenvalue weighted by Gasteiger charge is 2.30. The van der Waals surface area contributed by atoms with Crippen LogP contribution in [0.3, 0.4) is 0 Å². The van der Waals surface area contributed by atoms with E-state index in [0.29, 0.717) is 12.3 Å². The molecule has 0 fully saturated rings. The Bertz CT molecular complexity index is 654. The molecule has 0 aliphatic carbocycles. The van der Waals surface area contributed by atoms with E-state index in [1.165, 1.54) is 17.7 Å². The average Bonchev–Trinajstić information content (AvgIpc) is 2.66. The first-order valence-electron chi connectivity index (χ1n) is 8.91. The smallest absolute Gasteiger partial charge is 0.416 e. The number of likely N-dealkylation sites (N-methyl/N-ethyl adjacent to an activating group) is 1. The van der Waals surface area contributed by atoms with Crippen LogP contribution in [0.15, 0.2) is 48.5 Å². The molecule has 0 aliphatic rings. The van der Waals surface area contributed by atoms with Gasteiger partial charge in [-0.15, -0.1) is 12.4 Å². The lowest BCUT2D eigenvalue weighted by atomic mass is 10.2. The molecular formula is C21H29ClF3NO3. The van der Waals surface area contributed by atoms with Crippen LogP contribution in [0.1, 0.15) is 18.1 Å². The second-order valence-electron chi connectivity index (χ2n) is 6.45. The van der Waals surface area contributed by atoms with E-state index in [1.807, 2.05) is 12.1 Å². The molecule has 2 rings (SSSR count). The van der Waals surface area contributed by atoms with Gasteiger partial charge in [-0.1, -0.05) is 19.1 Å². The quantitative estimate of drug-likeness (QED) is 0.685. The number of aliphatic hydroxyl groups excluding tert-OH is 1. The predicted octanol–water partition coefficient (Wildman–Crippen LogP) is 4.69. The minimum Gasteiger partial charge on any atom is -0.497 e. The molecule has 0 saturated heterocycles. The predicted molar refractivity (Wildman–Crippen MR) is 111 cm³/mol. The number of aliphatic hydroxyl groups is 1. The van der Waals surface area contributed by atoms with Crippen LogP contribution in [-0.2, 0) is 12.6 Å². The number of nitrogens with zero attached hydrogens (tertiary/aromatic N) is 1. The summed E-state index contributed by atoms with van der Waals surface area (Å²) in [6, 6.07) is 12.5. The van der Waals surface area contributed by atoms with Gasteiger partial charge >= 0.3 is 6.18 Å². The molecule has 2 aromatic rings. The number of hydrogen-bond acceptors (Lipinski definition) is 4. The van der Waals surface area contributed by atoms with Gasteiger partial charge in [-0.25, -0.2) is 0 Å². The lowest BCUT2D eigenvalue weighted by molar-refractivity contribution is -0.137. The van der Waals surface area contributed by atoms with E-state index in [-0.39, 0.29) is 19.0 Å². The Morgan fingerprint density at radius 3 is 1.90 bits per heavy atom. The summed E-state index contributed by atoms with van der Waals surface area (Å²) < 4.78 is 47.1. The Labute approximate surface area is 176 Å². The van der Waals surface area contributed by atoms with Crippen LogP contribution in [0.25, 0.3) is 0 Å². The number of aryl methyl sites for hydroxylation is 1. The zero-order chi connectivity index (χ0) is 21.2. The molecule has 1 atom stereocenters. The fourth-order valence-corrected chi connectivity index (χ4v) is 2.27. The Hall–Kier alpha value is -1.96. The monoisotopic (exact) mass is 435 g/mol. The van der Waals surface area contributed by atoms with Crippen LogP contribution in [0.4, 0.5) is 13.2 Å². The number of alkyl halides is 3. The number of hydrogen-bond donors (Lipinski definition) is 1. The van der Waals surface area contributed by atoms with Gasteiger partial charge in [0.2, 0.25) is 0 Å². The highest BCUT2D eigenvalue weighted by molar-refractivity contribution is 5.85. The first kappa shape index (κ1) is 27.0. The number of halogens is 4. The molecule has 1 N–H and O–H groups in total. The third-order valence-electron chi connectivity index (χ3n) is 3.77. The molecule has 0 spiro atoms. The SMILES string of the molecule is CCc1ccc(OC)cc1.CN(C)CC(O)COc1ccc(C(F)(F)F)cc1.Cl. The minimum absolute atomic E-state index is 0. The van der Waals surface area contributed by atoms with Crippen molar-refractivity contribution >= 4 is 12.4 Å². The van der Waals surface area contributed by atoms with Crippen LogP contribution in [0.5, 0.6) is 11.5 Å². The van der Waals surface area contributed by atoms with E-state index in [0.717, 1.165) is 24.3 Å². The summed E-state index contributed by atoms with van der Waals surface area (Å²) in [4.78, 5) is 1.79. The van der Waals surface area contributed by atoms with Crippen LogP contribution < -0.4 is 9.47 Å². The third-order valence-corrected chi connectivity index (χ3v) is 3.77. The first-order valence-corrected chi connectivity index (χ1v) is 8.91. The fourth-order valence-electron chi connectivity index (χ4n) is 2.27. The van der Waals surface area contributed by atoms with E-state index in [9.17, 15) is 18.3 Å². The Morgan fingerprint density at radius 1 is 0.966 bits per heavy atom. The maximum atomic E-state index is 12.3. The van der Waals surface area contributed by atoms with Gasteiger partial charge in [-0.05, 0) is 62.5 Å². The summed E-state index contributed by atoms with van der Waals surface area (Å²) in [5, 5.41) is 9.52. The molecule has 0 saturated carbocycles. The van der Waals surface area contributed by atoms with Crippen molar-refractivity contribution in [2.75, 3.05) is 34.4 Å². The van der Waals surface area contributed by atoms with Crippen LogP contribution in [0.2, 0.25) is 0 Å². The van der Waals surface area contributed by atoms with E-state index < -0.39 is 17.8 Å². The van der Waals surface area contributed by atoms with Crippen molar-refractivity contribution in [3.8, 4) is 11.5 Å². The van der Waals surface area contributed by atoms with E-state index >= 15 is 0 Å². The van der Waals surface area contributed by atoms with Crippen LogP contribution in [-0.4, -0.2) is 50.5 Å². The van der Waals surface area contributed by atoms with Crippen molar-refractivity contribution in [2.45, 2.75) is 25.6 Å². The summed E-state index contributed by atoms with van der Waals surface area (Å²) in [6.45, 7) is 2.62. The molecule has 164 valence electrons. The second kappa shape index (κ2) is 13.3. The molecule has 4 nitrogen and oxygen atoms in total. The van der Waals surface area contributed by atoms with Crippen molar-refractivity contribution in [1.29, 1.82) is 0 Å². The molecule has 8 heteroatoms.